The Kier molecular flexibility index (Phi) is 5.94. The summed E-state index contributed by atoms with van der Waals surface area (Å²) in [6.45, 7) is 0. The molecule has 0 bridgehead atoms. The predicted molar refractivity (Wildman–Crippen MR) is 69.2 cm³/mol. The van der Waals surface area contributed by atoms with E-state index in [0.29, 0.717) is 17.2 Å². The maximum Gasteiger partial charge on any atom is 0.407 e. The van der Waals surface area contributed by atoms with E-state index in [-0.39, 0.29) is 0 Å². The van der Waals surface area contributed by atoms with Gasteiger partial charge in [0.2, 0.25) is 0 Å². The number of hydrogen-bond acceptors (Lipinski definition) is 4. The summed E-state index contributed by atoms with van der Waals surface area (Å²) in [4.78, 5) is 23.0. The minimum Gasteiger partial charge on any atom is -0.480 e. The van der Waals surface area contributed by atoms with Gasteiger partial charge in [0.25, 0.3) is 0 Å². The molecule has 1 atom stereocenters. The van der Waals surface area contributed by atoms with E-state index in [0.717, 1.165) is 11.3 Å². The number of carboxylic acid groups (broad SMARTS) is 1. The predicted octanol–water partition coefficient (Wildman–Crippen LogP) is 2.53. The van der Waals surface area contributed by atoms with Crippen LogP contribution in [0.5, 0.6) is 0 Å². The number of thiophene rings is 1. The first-order valence-electron chi connectivity index (χ1n) is 5.34. The fraction of sp³-hybridized carbons (Fsp3) is 0.455. The van der Waals surface area contributed by atoms with E-state index in [1.54, 1.807) is 0 Å². The van der Waals surface area contributed by atoms with Gasteiger partial charge in [-0.1, -0.05) is 11.6 Å². The molecule has 1 aromatic heterocycles. The maximum atomic E-state index is 11.0. The highest BCUT2D eigenvalue weighted by molar-refractivity contribution is 7.16. The Morgan fingerprint density at radius 2 is 2.28 bits per heavy atom. The van der Waals surface area contributed by atoms with Crippen molar-refractivity contribution in [3.05, 3.63) is 21.3 Å². The lowest BCUT2D eigenvalue weighted by Crippen LogP contribution is -2.40. The molecule has 1 amide bonds. The zero-order valence-electron chi connectivity index (χ0n) is 9.81. The zero-order valence-corrected chi connectivity index (χ0v) is 11.4. The van der Waals surface area contributed by atoms with E-state index in [2.05, 4.69) is 10.1 Å². The average molecular weight is 292 g/mol. The summed E-state index contributed by atoms with van der Waals surface area (Å²) < 4.78 is 5.09. The average Bonchev–Trinajstić information content (AvgIpc) is 2.73. The molecule has 0 saturated carbocycles. The minimum absolute atomic E-state index is 0.347. The van der Waals surface area contributed by atoms with Crippen LogP contribution in [0.4, 0.5) is 4.79 Å². The van der Waals surface area contributed by atoms with Crippen molar-refractivity contribution < 1.29 is 19.4 Å². The summed E-state index contributed by atoms with van der Waals surface area (Å²) >= 11 is 7.26. The third-order valence-electron chi connectivity index (χ3n) is 2.32. The molecule has 0 saturated heterocycles. The van der Waals surface area contributed by atoms with Gasteiger partial charge < -0.3 is 15.2 Å². The number of hydrogen-bond donors (Lipinski definition) is 2. The van der Waals surface area contributed by atoms with Crippen molar-refractivity contribution in [3.8, 4) is 0 Å². The Morgan fingerprint density at radius 3 is 2.78 bits per heavy atom. The van der Waals surface area contributed by atoms with E-state index in [1.807, 2.05) is 12.1 Å². The number of alkyl carbamates (subject to hydrolysis) is 1. The molecule has 1 aromatic rings. The molecule has 18 heavy (non-hydrogen) atoms. The number of nitrogens with one attached hydrogen (secondary N) is 1. The smallest absolute Gasteiger partial charge is 0.407 e. The van der Waals surface area contributed by atoms with Crippen LogP contribution in [0.1, 0.15) is 17.7 Å². The van der Waals surface area contributed by atoms with Gasteiger partial charge in [-0.25, -0.2) is 9.59 Å². The van der Waals surface area contributed by atoms with Crippen molar-refractivity contribution in [2.45, 2.75) is 25.3 Å². The fourth-order valence-corrected chi connectivity index (χ4v) is 2.55. The highest BCUT2D eigenvalue weighted by Crippen LogP contribution is 2.23. The van der Waals surface area contributed by atoms with E-state index < -0.39 is 18.1 Å². The van der Waals surface area contributed by atoms with Crippen LogP contribution >= 0.6 is 22.9 Å². The number of carboxylic acids is 1. The number of amides is 1. The molecule has 7 heteroatoms. The molecule has 1 unspecified atom stereocenters. The third-order valence-corrected chi connectivity index (χ3v) is 3.61. The number of carbonyl (C=O) groups excluding carboxylic acids is 1. The second-order valence-electron chi connectivity index (χ2n) is 3.62. The van der Waals surface area contributed by atoms with Crippen LogP contribution in [0.3, 0.4) is 0 Å². The molecule has 0 fully saturated rings. The molecule has 0 aliphatic carbocycles. The van der Waals surface area contributed by atoms with Gasteiger partial charge >= 0.3 is 12.1 Å². The molecule has 100 valence electrons. The lowest BCUT2D eigenvalue weighted by Gasteiger charge is -2.12. The van der Waals surface area contributed by atoms with Gasteiger partial charge in [-0.05, 0) is 31.4 Å². The molecule has 0 aliphatic rings. The van der Waals surface area contributed by atoms with E-state index in [1.165, 1.54) is 18.4 Å². The highest BCUT2D eigenvalue weighted by atomic mass is 35.5. The topological polar surface area (TPSA) is 75.6 Å². The molecule has 1 heterocycles. The molecule has 1 rings (SSSR count). The molecule has 0 spiro atoms. The molecule has 0 aromatic carbocycles. The monoisotopic (exact) mass is 291 g/mol. The second kappa shape index (κ2) is 7.23. The van der Waals surface area contributed by atoms with Crippen molar-refractivity contribution in [1.29, 1.82) is 0 Å². The van der Waals surface area contributed by atoms with Gasteiger partial charge in [-0.2, -0.15) is 0 Å². The number of carbonyl (C=O) groups is 2. The second-order valence-corrected chi connectivity index (χ2v) is 5.42. The fourth-order valence-electron chi connectivity index (χ4n) is 1.43. The summed E-state index contributed by atoms with van der Waals surface area (Å²) in [6.07, 6.45) is 1.00. The van der Waals surface area contributed by atoms with Crippen molar-refractivity contribution in [2.24, 2.45) is 0 Å². The summed E-state index contributed by atoms with van der Waals surface area (Å²) in [5, 5.41) is 11.2. The molecular formula is C11H14ClNO4S. The zero-order chi connectivity index (χ0) is 13.5. The van der Waals surface area contributed by atoms with Crippen molar-refractivity contribution >= 4 is 35.0 Å². The Hall–Kier alpha value is -1.27. The van der Waals surface area contributed by atoms with E-state index >= 15 is 0 Å². The number of aliphatic carboxylic acids is 1. The van der Waals surface area contributed by atoms with Gasteiger partial charge in [-0.3, -0.25) is 0 Å². The summed E-state index contributed by atoms with van der Waals surface area (Å²) in [5.74, 6) is -1.07. The Bertz CT molecular complexity index is 421. The number of halogens is 1. The van der Waals surface area contributed by atoms with Gasteiger partial charge in [0, 0.05) is 4.88 Å². The number of aryl methyl sites for hydroxylation is 1. The van der Waals surface area contributed by atoms with Crippen LogP contribution in [0.25, 0.3) is 0 Å². The van der Waals surface area contributed by atoms with Crippen molar-refractivity contribution in [2.75, 3.05) is 7.11 Å². The first-order chi connectivity index (χ1) is 8.52. The third kappa shape index (κ3) is 4.93. The van der Waals surface area contributed by atoms with Gasteiger partial charge in [0.05, 0.1) is 11.4 Å². The van der Waals surface area contributed by atoms with Gasteiger partial charge in [-0.15, -0.1) is 11.3 Å². The lowest BCUT2D eigenvalue weighted by atomic mass is 10.1. The van der Waals surface area contributed by atoms with Crippen molar-refractivity contribution in [1.82, 2.24) is 5.32 Å². The first kappa shape index (κ1) is 14.8. The standard InChI is InChI=1S/C11H14ClNO4S/c1-17-11(16)13-8(10(14)15)4-2-3-7-5-6-9(12)18-7/h5-6,8H,2-4H2,1H3,(H,13,16)(H,14,15). The Morgan fingerprint density at radius 1 is 1.56 bits per heavy atom. The maximum absolute atomic E-state index is 11.0. The van der Waals surface area contributed by atoms with Crippen LogP contribution in [0, 0.1) is 0 Å². The number of rotatable bonds is 6. The Labute approximate surface area is 114 Å². The Balaban J connectivity index is 2.38. The number of methoxy groups -OCH3 is 1. The van der Waals surface area contributed by atoms with Crippen LogP contribution in [-0.4, -0.2) is 30.3 Å². The van der Waals surface area contributed by atoms with Crippen LogP contribution < -0.4 is 5.32 Å². The highest BCUT2D eigenvalue weighted by Gasteiger charge is 2.19. The molecule has 0 aliphatic heterocycles. The van der Waals surface area contributed by atoms with Crippen LogP contribution in [0.15, 0.2) is 12.1 Å². The quantitative estimate of drug-likeness (QED) is 0.844. The van der Waals surface area contributed by atoms with Crippen molar-refractivity contribution in [3.63, 3.8) is 0 Å². The molecular weight excluding hydrogens is 278 g/mol. The van der Waals surface area contributed by atoms with Crippen LogP contribution in [0.2, 0.25) is 4.34 Å². The SMILES string of the molecule is COC(=O)NC(CCCc1ccc(Cl)s1)C(=O)O. The van der Waals surface area contributed by atoms with E-state index in [4.69, 9.17) is 16.7 Å². The molecule has 5 nitrogen and oxygen atoms in total. The van der Waals surface area contributed by atoms with Gasteiger partial charge in [0.15, 0.2) is 0 Å². The number of ether oxygens (including phenoxy) is 1. The van der Waals surface area contributed by atoms with Crippen LogP contribution in [-0.2, 0) is 16.0 Å². The van der Waals surface area contributed by atoms with Gasteiger partial charge in [0.1, 0.15) is 6.04 Å². The minimum atomic E-state index is -1.07. The summed E-state index contributed by atoms with van der Waals surface area (Å²) in [7, 11) is 1.20. The molecule has 0 radical (unpaired) electrons. The summed E-state index contributed by atoms with van der Waals surface area (Å²) in [6, 6.07) is 2.80. The van der Waals surface area contributed by atoms with E-state index in [9.17, 15) is 9.59 Å². The lowest BCUT2D eigenvalue weighted by molar-refractivity contribution is -0.139. The molecule has 2 N–H and O–H groups in total. The normalized spacial score (nSPS) is 11.9. The largest absolute Gasteiger partial charge is 0.480 e. The summed E-state index contributed by atoms with van der Waals surface area (Å²) in [5.41, 5.74) is 0. The first-order valence-corrected chi connectivity index (χ1v) is 6.54.